The van der Waals surface area contributed by atoms with Gasteiger partial charge in [0.05, 0.1) is 17.3 Å². The van der Waals surface area contributed by atoms with Gasteiger partial charge < -0.3 is 9.64 Å². The van der Waals surface area contributed by atoms with Gasteiger partial charge >= 0.3 is 0 Å². The number of para-hydroxylation sites is 1. The maximum Gasteiger partial charge on any atom is 0.261 e. The lowest BCUT2D eigenvalue weighted by Gasteiger charge is -2.24. The first-order chi connectivity index (χ1) is 12.3. The van der Waals surface area contributed by atoms with E-state index in [9.17, 15) is 4.79 Å². The summed E-state index contributed by atoms with van der Waals surface area (Å²) in [5, 5.41) is 0.909. The predicted molar refractivity (Wildman–Crippen MR) is 93.0 cm³/mol. The van der Waals surface area contributed by atoms with Crippen molar-refractivity contribution in [2.45, 2.75) is 18.9 Å². The third kappa shape index (κ3) is 3.15. The summed E-state index contributed by atoms with van der Waals surface area (Å²) in [5.74, 6) is 0.652. The molecule has 1 atom stereocenters. The molecule has 1 aliphatic heterocycles. The molecule has 0 N–H and O–H groups in total. The molecule has 1 amide bonds. The molecule has 1 aromatic carbocycles. The number of amides is 1. The van der Waals surface area contributed by atoms with Gasteiger partial charge in [-0.2, -0.15) is 0 Å². The first kappa shape index (κ1) is 15.5. The monoisotopic (exact) mass is 334 g/mol. The van der Waals surface area contributed by atoms with Gasteiger partial charge in [0.15, 0.2) is 6.61 Å². The Bertz CT molecular complexity index is 879. The number of carbonyl (C=O) groups excluding carboxylic acids is 1. The van der Waals surface area contributed by atoms with Crippen molar-refractivity contribution in [3.63, 3.8) is 0 Å². The third-order valence-electron chi connectivity index (χ3n) is 4.48. The lowest BCUT2D eigenvalue weighted by Crippen LogP contribution is -2.34. The van der Waals surface area contributed by atoms with Crippen molar-refractivity contribution in [3.05, 3.63) is 60.8 Å². The van der Waals surface area contributed by atoms with E-state index in [0.29, 0.717) is 5.75 Å². The van der Waals surface area contributed by atoms with E-state index in [-0.39, 0.29) is 18.6 Å². The first-order valence-corrected chi connectivity index (χ1v) is 8.35. The highest BCUT2D eigenvalue weighted by atomic mass is 16.5. The zero-order chi connectivity index (χ0) is 17.1. The van der Waals surface area contributed by atoms with Gasteiger partial charge in [-0.1, -0.05) is 12.1 Å². The zero-order valence-corrected chi connectivity index (χ0v) is 13.7. The van der Waals surface area contributed by atoms with Crippen molar-refractivity contribution >= 4 is 16.8 Å². The smallest absolute Gasteiger partial charge is 0.261 e. The van der Waals surface area contributed by atoms with Gasteiger partial charge in [0.1, 0.15) is 12.1 Å². The summed E-state index contributed by atoms with van der Waals surface area (Å²) in [7, 11) is 0. The molecule has 2 aromatic heterocycles. The van der Waals surface area contributed by atoms with Crippen LogP contribution in [0.15, 0.2) is 55.1 Å². The molecule has 25 heavy (non-hydrogen) atoms. The summed E-state index contributed by atoms with van der Waals surface area (Å²) in [6.45, 7) is 0.740. The van der Waals surface area contributed by atoms with Crippen LogP contribution in [0, 0.1) is 0 Å². The Labute approximate surface area is 145 Å². The van der Waals surface area contributed by atoms with Crippen LogP contribution in [0.1, 0.15) is 24.6 Å². The van der Waals surface area contributed by atoms with Gasteiger partial charge in [0, 0.05) is 24.3 Å². The number of nitrogens with zero attached hydrogens (tertiary/aromatic N) is 4. The van der Waals surface area contributed by atoms with E-state index in [0.717, 1.165) is 36.0 Å². The van der Waals surface area contributed by atoms with Gasteiger partial charge in [-0.25, -0.2) is 9.97 Å². The second-order valence-electron chi connectivity index (χ2n) is 5.99. The summed E-state index contributed by atoms with van der Waals surface area (Å²) in [5.41, 5.74) is 1.74. The summed E-state index contributed by atoms with van der Waals surface area (Å²) in [6.07, 6.45) is 6.82. The number of hydrogen-bond donors (Lipinski definition) is 0. The molecule has 0 bridgehead atoms. The van der Waals surface area contributed by atoms with Crippen molar-refractivity contribution in [2.24, 2.45) is 0 Å². The Morgan fingerprint density at radius 3 is 2.96 bits per heavy atom. The second-order valence-corrected chi connectivity index (χ2v) is 5.99. The molecule has 6 nitrogen and oxygen atoms in total. The fraction of sp³-hybridized carbons (Fsp3) is 0.263. The molecule has 126 valence electrons. The Kier molecular flexibility index (Phi) is 4.24. The number of rotatable bonds is 4. The van der Waals surface area contributed by atoms with Crippen molar-refractivity contribution in [2.75, 3.05) is 13.2 Å². The number of hydrogen-bond acceptors (Lipinski definition) is 5. The van der Waals surface area contributed by atoms with E-state index >= 15 is 0 Å². The third-order valence-corrected chi connectivity index (χ3v) is 4.48. The Morgan fingerprint density at radius 1 is 1.16 bits per heavy atom. The summed E-state index contributed by atoms with van der Waals surface area (Å²) in [4.78, 5) is 27.1. The largest absolute Gasteiger partial charge is 0.483 e. The topological polar surface area (TPSA) is 68.2 Å². The molecule has 0 saturated carbocycles. The molecule has 0 spiro atoms. The minimum absolute atomic E-state index is 0.00767. The van der Waals surface area contributed by atoms with Crippen molar-refractivity contribution < 1.29 is 9.53 Å². The standard InChI is InChI=1S/C19H18N4O2/c24-19(23-11-3-6-17(23)16-7-9-20-13-22-16)12-25-18-8-10-21-15-5-2-1-4-14(15)18/h1-2,4-5,7-10,13,17H,3,6,11-12H2. The van der Waals surface area contributed by atoms with Gasteiger partial charge in [-0.05, 0) is 37.1 Å². The molecule has 4 rings (SSSR count). The van der Waals surface area contributed by atoms with E-state index < -0.39 is 0 Å². The molecule has 0 aliphatic carbocycles. The lowest BCUT2D eigenvalue weighted by molar-refractivity contribution is -0.134. The van der Waals surface area contributed by atoms with E-state index in [1.165, 1.54) is 6.33 Å². The van der Waals surface area contributed by atoms with Crippen LogP contribution in [-0.4, -0.2) is 38.9 Å². The number of pyridine rings is 1. The van der Waals surface area contributed by atoms with Crippen LogP contribution in [0.2, 0.25) is 0 Å². The zero-order valence-electron chi connectivity index (χ0n) is 13.7. The van der Waals surface area contributed by atoms with Crippen LogP contribution in [0.5, 0.6) is 5.75 Å². The summed E-state index contributed by atoms with van der Waals surface area (Å²) < 4.78 is 5.81. The van der Waals surface area contributed by atoms with Crippen LogP contribution in [0.3, 0.4) is 0 Å². The molecule has 1 fully saturated rings. The highest BCUT2D eigenvalue weighted by Crippen LogP contribution is 2.30. The number of ether oxygens (including phenoxy) is 1. The maximum absolute atomic E-state index is 12.7. The molecule has 1 unspecified atom stereocenters. The second kappa shape index (κ2) is 6.84. The number of fused-ring (bicyclic) bond motifs is 1. The highest BCUT2D eigenvalue weighted by molar-refractivity contribution is 5.85. The Hall–Kier alpha value is -3.02. The quantitative estimate of drug-likeness (QED) is 0.734. The Morgan fingerprint density at radius 2 is 2.08 bits per heavy atom. The minimum atomic E-state index is -0.0259. The van der Waals surface area contributed by atoms with E-state index in [2.05, 4.69) is 15.0 Å². The molecule has 1 saturated heterocycles. The Balaban J connectivity index is 1.48. The molecule has 3 aromatic rings. The summed E-state index contributed by atoms with van der Waals surface area (Å²) >= 11 is 0. The SMILES string of the molecule is O=C(COc1ccnc2ccccc12)N1CCCC1c1ccncn1. The van der Waals surface area contributed by atoms with Crippen LogP contribution in [0.4, 0.5) is 0 Å². The first-order valence-electron chi connectivity index (χ1n) is 8.35. The van der Waals surface area contributed by atoms with E-state index in [1.54, 1.807) is 18.5 Å². The number of likely N-dealkylation sites (tertiary alicyclic amines) is 1. The highest BCUT2D eigenvalue weighted by Gasteiger charge is 2.31. The van der Waals surface area contributed by atoms with Crippen molar-refractivity contribution in [1.29, 1.82) is 0 Å². The van der Waals surface area contributed by atoms with E-state index in [4.69, 9.17) is 4.74 Å². The number of aromatic nitrogens is 3. The molecule has 1 aliphatic rings. The van der Waals surface area contributed by atoms with Gasteiger partial charge in [-0.3, -0.25) is 9.78 Å². The van der Waals surface area contributed by atoms with Crippen LogP contribution in [-0.2, 0) is 4.79 Å². The molecule has 6 heteroatoms. The van der Waals surface area contributed by atoms with Crippen LogP contribution < -0.4 is 4.74 Å². The molecule has 0 radical (unpaired) electrons. The average Bonchev–Trinajstić information content (AvgIpc) is 3.17. The fourth-order valence-electron chi connectivity index (χ4n) is 3.29. The summed E-state index contributed by atoms with van der Waals surface area (Å²) in [6, 6.07) is 11.4. The molecular weight excluding hydrogens is 316 g/mol. The predicted octanol–water partition coefficient (Wildman–Crippen LogP) is 2.77. The van der Waals surface area contributed by atoms with Gasteiger partial charge in [0.25, 0.3) is 5.91 Å². The average molecular weight is 334 g/mol. The van der Waals surface area contributed by atoms with E-state index in [1.807, 2.05) is 35.2 Å². The molecular formula is C19H18N4O2. The van der Waals surface area contributed by atoms with Crippen molar-refractivity contribution in [1.82, 2.24) is 19.9 Å². The normalized spacial score (nSPS) is 17.0. The van der Waals surface area contributed by atoms with Gasteiger partial charge in [0.2, 0.25) is 0 Å². The minimum Gasteiger partial charge on any atom is -0.483 e. The number of benzene rings is 1. The van der Waals surface area contributed by atoms with Crippen LogP contribution in [0.25, 0.3) is 10.9 Å². The number of carbonyl (C=O) groups is 1. The molecule has 3 heterocycles. The fourth-order valence-corrected chi connectivity index (χ4v) is 3.29. The maximum atomic E-state index is 12.7. The van der Waals surface area contributed by atoms with Crippen LogP contribution >= 0.6 is 0 Å². The van der Waals surface area contributed by atoms with Crippen molar-refractivity contribution in [3.8, 4) is 5.75 Å². The van der Waals surface area contributed by atoms with Gasteiger partial charge in [-0.15, -0.1) is 0 Å². The lowest BCUT2D eigenvalue weighted by atomic mass is 10.1.